The van der Waals surface area contributed by atoms with Crippen molar-refractivity contribution >= 4 is 29.2 Å². The van der Waals surface area contributed by atoms with Gasteiger partial charge in [-0.05, 0) is 24.6 Å². The smallest absolute Gasteiger partial charge is 0.308 e. The lowest BCUT2D eigenvalue weighted by molar-refractivity contribution is -0.147. The average Bonchev–Trinajstić information content (AvgIpc) is 2.47. The van der Waals surface area contributed by atoms with E-state index in [1.165, 1.54) is 0 Å². The average molecular weight is 316 g/mol. The number of rotatable bonds is 7. The first-order chi connectivity index (χ1) is 9.97. The first-order valence-corrected chi connectivity index (χ1v) is 6.99. The number of aliphatic hydroxyl groups is 2. The first-order valence-electron chi connectivity index (χ1n) is 6.45. The Labute approximate surface area is 127 Å². The second-order valence-electron chi connectivity index (χ2n) is 4.33. The molecule has 0 aromatic heterocycles. The van der Waals surface area contributed by atoms with E-state index in [0.717, 1.165) is 0 Å². The highest BCUT2D eigenvalue weighted by Gasteiger charge is 2.22. The Morgan fingerprint density at radius 2 is 1.90 bits per heavy atom. The number of carbonyl (C=O) groups excluding carboxylic acids is 2. The zero-order valence-corrected chi connectivity index (χ0v) is 12.3. The maximum atomic E-state index is 11.2. The molecule has 0 radical (unpaired) electrons. The van der Waals surface area contributed by atoms with Crippen LogP contribution in [0.5, 0.6) is 0 Å². The maximum absolute atomic E-state index is 11.2. The quantitative estimate of drug-likeness (QED) is 0.519. The summed E-state index contributed by atoms with van der Waals surface area (Å²) >= 11 is 5.37. The van der Waals surface area contributed by atoms with Gasteiger partial charge in [0.1, 0.15) is 12.0 Å². The number of hydrogen-bond acceptors (Lipinski definition) is 5. The van der Waals surface area contributed by atoms with E-state index in [2.05, 4.69) is 5.32 Å². The Hall–Kier alpha value is -1.63. The molecule has 0 saturated carbocycles. The van der Waals surface area contributed by atoms with Crippen molar-refractivity contribution in [1.82, 2.24) is 0 Å². The summed E-state index contributed by atoms with van der Waals surface area (Å²) in [6, 6.07) is 6.23. The predicted molar refractivity (Wildman–Crippen MR) is 78.0 cm³/mol. The molecule has 0 saturated heterocycles. The van der Waals surface area contributed by atoms with Crippen molar-refractivity contribution < 1.29 is 24.5 Å². The van der Waals surface area contributed by atoms with Crippen LogP contribution >= 0.6 is 11.6 Å². The third-order valence-electron chi connectivity index (χ3n) is 2.70. The number of anilines is 1. The fourth-order valence-electron chi connectivity index (χ4n) is 1.68. The molecule has 0 bridgehead atoms. The predicted octanol–water partition coefficient (Wildman–Crippen LogP) is 1.21. The van der Waals surface area contributed by atoms with Crippen molar-refractivity contribution in [2.24, 2.45) is 0 Å². The van der Waals surface area contributed by atoms with Crippen LogP contribution in [0.3, 0.4) is 0 Å². The van der Waals surface area contributed by atoms with E-state index in [1.807, 2.05) is 0 Å². The molecule has 0 aliphatic heterocycles. The molecule has 1 aromatic carbocycles. The molecule has 6 nitrogen and oxygen atoms in total. The van der Waals surface area contributed by atoms with Crippen LogP contribution in [-0.2, 0) is 14.3 Å². The molecule has 0 fully saturated rings. The van der Waals surface area contributed by atoms with Crippen molar-refractivity contribution in [3.63, 3.8) is 0 Å². The monoisotopic (exact) mass is 315 g/mol. The third kappa shape index (κ3) is 5.71. The van der Waals surface area contributed by atoms with E-state index in [4.69, 9.17) is 16.3 Å². The van der Waals surface area contributed by atoms with Crippen molar-refractivity contribution in [3.05, 3.63) is 29.8 Å². The Morgan fingerprint density at radius 3 is 2.43 bits per heavy atom. The van der Waals surface area contributed by atoms with Gasteiger partial charge in [-0.3, -0.25) is 9.59 Å². The first kappa shape index (κ1) is 17.4. The van der Waals surface area contributed by atoms with Gasteiger partial charge >= 0.3 is 5.97 Å². The molecule has 116 valence electrons. The minimum atomic E-state index is -1.26. The molecule has 1 rings (SSSR count). The van der Waals surface area contributed by atoms with Gasteiger partial charge in [-0.1, -0.05) is 12.1 Å². The number of nitrogens with one attached hydrogen (secondary N) is 1. The van der Waals surface area contributed by atoms with Gasteiger partial charge in [0.15, 0.2) is 0 Å². The molecule has 7 heteroatoms. The van der Waals surface area contributed by atoms with E-state index in [-0.39, 0.29) is 24.8 Å². The van der Waals surface area contributed by atoms with Gasteiger partial charge in [0.2, 0.25) is 5.91 Å². The number of benzene rings is 1. The minimum absolute atomic E-state index is 0.150. The summed E-state index contributed by atoms with van der Waals surface area (Å²) in [7, 11) is 0. The molecule has 0 spiro atoms. The standard InChI is InChI=1S/C14H18ClNO5/c1-2-21-13(19)7-11(17)14(20)9-3-5-10(6-4-9)16-12(18)8-15/h3-6,11,14,17,20H,2,7-8H2,1H3,(H,16,18). The summed E-state index contributed by atoms with van der Waals surface area (Å²) < 4.78 is 4.70. The number of aliphatic hydroxyl groups excluding tert-OH is 2. The molecule has 2 atom stereocenters. The zero-order chi connectivity index (χ0) is 15.8. The second kappa shape index (κ2) is 8.61. The van der Waals surface area contributed by atoms with Crippen LogP contribution in [0.1, 0.15) is 25.0 Å². The number of halogens is 1. The SMILES string of the molecule is CCOC(=O)CC(O)C(O)c1ccc(NC(=O)CCl)cc1. The number of alkyl halides is 1. The Morgan fingerprint density at radius 1 is 1.29 bits per heavy atom. The van der Waals surface area contributed by atoms with Gasteiger partial charge in [-0.2, -0.15) is 0 Å². The summed E-state index contributed by atoms with van der Waals surface area (Å²) in [5, 5.41) is 22.3. The summed E-state index contributed by atoms with van der Waals surface area (Å²) in [5.74, 6) is -1.06. The normalized spacial score (nSPS) is 13.3. The van der Waals surface area contributed by atoms with E-state index in [9.17, 15) is 19.8 Å². The van der Waals surface area contributed by atoms with Crippen LogP contribution < -0.4 is 5.32 Å². The van der Waals surface area contributed by atoms with Gasteiger partial charge < -0.3 is 20.3 Å². The molecule has 2 unspecified atom stereocenters. The van der Waals surface area contributed by atoms with Crippen LogP contribution in [0.15, 0.2) is 24.3 Å². The van der Waals surface area contributed by atoms with Crippen molar-refractivity contribution in [1.29, 1.82) is 0 Å². The topological polar surface area (TPSA) is 95.9 Å². The van der Waals surface area contributed by atoms with E-state index >= 15 is 0 Å². The number of esters is 1. The van der Waals surface area contributed by atoms with E-state index in [1.54, 1.807) is 31.2 Å². The van der Waals surface area contributed by atoms with Gasteiger partial charge in [-0.15, -0.1) is 11.6 Å². The van der Waals surface area contributed by atoms with Crippen LogP contribution in [0.25, 0.3) is 0 Å². The summed E-state index contributed by atoms with van der Waals surface area (Å²) in [5.41, 5.74) is 0.951. The summed E-state index contributed by atoms with van der Waals surface area (Å²) in [6.45, 7) is 1.88. The molecule has 0 heterocycles. The number of amides is 1. The highest BCUT2D eigenvalue weighted by atomic mass is 35.5. The minimum Gasteiger partial charge on any atom is -0.466 e. The lowest BCUT2D eigenvalue weighted by atomic mass is 10.0. The fourth-order valence-corrected chi connectivity index (χ4v) is 1.75. The van der Waals surface area contributed by atoms with Gasteiger partial charge in [0, 0.05) is 5.69 Å². The Kier molecular flexibility index (Phi) is 7.14. The molecule has 1 aromatic rings. The third-order valence-corrected chi connectivity index (χ3v) is 2.95. The molecule has 0 aliphatic rings. The zero-order valence-electron chi connectivity index (χ0n) is 11.6. The highest BCUT2D eigenvalue weighted by molar-refractivity contribution is 6.29. The molecular formula is C14H18ClNO5. The highest BCUT2D eigenvalue weighted by Crippen LogP contribution is 2.21. The fraction of sp³-hybridized carbons (Fsp3) is 0.429. The van der Waals surface area contributed by atoms with Crippen LogP contribution in [0.2, 0.25) is 0 Å². The summed E-state index contributed by atoms with van der Waals surface area (Å²) in [6.07, 6.45) is -2.76. The van der Waals surface area contributed by atoms with Crippen LogP contribution in [-0.4, -0.2) is 40.7 Å². The summed E-state index contributed by atoms with van der Waals surface area (Å²) in [4.78, 5) is 22.4. The Bertz CT molecular complexity index is 477. The molecule has 0 aliphatic carbocycles. The van der Waals surface area contributed by atoms with Gasteiger partial charge in [0.05, 0.1) is 19.1 Å². The molecular weight excluding hydrogens is 298 g/mol. The van der Waals surface area contributed by atoms with Crippen LogP contribution in [0, 0.1) is 0 Å². The number of ether oxygens (including phenoxy) is 1. The van der Waals surface area contributed by atoms with E-state index in [0.29, 0.717) is 11.3 Å². The molecule has 21 heavy (non-hydrogen) atoms. The molecule has 3 N–H and O–H groups in total. The number of carbonyl (C=O) groups is 2. The van der Waals surface area contributed by atoms with Gasteiger partial charge in [0.25, 0.3) is 0 Å². The number of hydrogen-bond donors (Lipinski definition) is 3. The largest absolute Gasteiger partial charge is 0.466 e. The van der Waals surface area contributed by atoms with Gasteiger partial charge in [-0.25, -0.2) is 0 Å². The lowest BCUT2D eigenvalue weighted by Gasteiger charge is -2.17. The lowest BCUT2D eigenvalue weighted by Crippen LogP contribution is -2.23. The van der Waals surface area contributed by atoms with Crippen molar-refractivity contribution in [2.75, 3.05) is 17.8 Å². The molecule has 1 amide bonds. The van der Waals surface area contributed by atoms with Crippen molar-refractivity contribution in [3.8, 4) is 0 Å². The van der Waals surface area contributed by atoms with Crippen molar-refractivity contribution in [2.45, 2.75) is 25.6 Å². The second-order valence-corrected chi connectivity index (χ2v) is 4.59. The maximum Gasteiger partial charge on any atom is 0.308 e. The Balaban J connectivity index is 2.63. The van der Waals surface area contributed by atoms with E-state index < -0.39 is 18.2 Å². The van der Waals surface area contributed by atoms with Crippen LogP contribution in [0.4, 0.5) is 5.69 Å².